The highest BCUT2D eigenvalue weighted by molar-refractivity contribution is 7.91. The summed E-state index contributed by atoms with van der Waals surface area (Å²) in [6.45, 7) is 7.53. The van der Waals surface area contributed by atoms with E-state index in [1.54, 1.807) is 6.07 Å². The van der Waals surface area contributed by atoms with Gasteiger partial charge in [-0.2, -0.15) is 0 Å². The lowest BCUT2D eigenvalue weighted by atomic mass is 10.1. The van der Waals surface area contributed by atoms with E-state index in [0.717, 1.165) is 53.0 Å². The van der Waals surface area contributed by atoms with Gasteiger partial charge in [0.25, 0.3) is 10.0 Å². The summed E-state index contributed by atoms with van der Waals surface area (Å²) in [5.74, 6) is 0. The third-order valence-corrected chi connectivity index (χ3v) is 8.72. The van der Waals surface area contributed by atoms with E-state index in [0.29, 0.717) is 4.21 Å². The van der Waals surface area contributed by atoms with Crippen molar-refractivity contribution in [1.82, 2.24) is 14.6 Å². The second-order valence-corrected chi connectivity index (χ2v) is 12.0. The first-order chi connectivity index (χ1) is 14.1. The summed E-state index contributed by atoms with van der Waals surface area (Å²) in [7, 11) is -3.53. The molecule has 1 atom stereocenters. The number of aromatic nitrogens is 1. The van der Waals surface area contributed by atoms with E-state index in [-0.39, 0.29) is 12.6 Å². The fraction of sp³-hybridized carbons (Fsp3) is 0.455. The molecule has 3 aromatic rings. The molecule has 3 N–H and O–H groups in total. The number of rotatable bonds is 6. The van der Waals surface area contributed by atoms with Crippen molar-refractivity contribution in [2.24, 2.45) is 0 Å². The fourth-order valence-electron chi connectivity index (χ4n) is 4.03. The summed E-state index contributed by atoms with van der Waals surface area (Å²) in [5.41, 5.74) is 2.68. The number of aliphatic hydroxyl groups is 1. The number of aromatic amines is 1. The van der Waals surface area contributed by atoms with Crippen molar-refractivity contribution < 1.29 is 13.5 Å². The van der Waals surface area contributed by atoms with Gasteiger partial charge in [0.15, 0.2) is 0 Å². The van der Waals surface area contributed by atoms with Gasteiger partial charge in [-0.05, 0) is 76.1 Å². The molecule has 0 unspecified atom stereocenters. The number of sulfonamides is 1. The molecule has 30 heavy (non-hydrogen) atoms. The van der Waals surface area contributed by atoms with Gasteiger partial charge in [-0.15, -0.1) is 11.3 Å². The normalized spacial score (nSPS) is 18.5. The van der Waals surface area contributed by atoms with Crippen LogP contribution in [0.5, 0.6) is 0 Å². The summed E-state index contributed by atoms with van der Waals surface area (Å²) >= 11 is 1.28. The van der Waals surface area contributed by atoms with Crippen LogP contribution in [0.4, 0.5) is 0 Å². The smallest absolute Gasteiger partial charge is 0.250 e. The summed E-state index contributed by atoms with van der Waals surface area (Å²) in [4.78, 5) is 6.72. The van der Waals surface area contributed by atoms with Crippen LogP contribution in [0.25, 0.3) is 21.3 Å². The number of thiophene rings is 1. The number of likely N-dealkylation sites (tertiary alicyclic amines) is 1. The Morgan fingerprint density at radius 3 is 2.77 bits per heavy atom. The maximum atomic E-state index is 12.6. The average molecular weight is 448 g/mol. The number of H-pyrrole nitrogens is 1. The van der Waals surface area contributed by atoms with Crippen LogP contribution in [0, 0.1) is 0 Å². The Bertz CT molecular complexity index is 1140. The molecule has 4 rings (SSSR count). The Kier molecular flexibility index (Phi) is 5.80. The van der Waals surface area contributed by atoms with Crippen LogP contribution in [0.15, 0.2) is 40.6 Å². The minimum absolute atomic E-state index is 0.206. The number of aliphatic hydroxyl groups excluding tert-OH is 1. The summed E-state index contributed by atoms with van der Waals surface area (Å²) in [6.07, 6.45) is 2.18. The highest BCUT2D eigenvalue weighted by Crippen LogP contribution is 2.33. The largest absolute Gasteiger partial charge is 0.395 e. The van der Waals surface area contributed by atoms with Crippen LogP contribution in [-0.4, -0.2) is 48.1 Å². The second kappa shape index (κ2) is 8.09. The third kappa shape index (κ3) is 4.63. The van der Waals surface area contributed by atoms with Gasteiger partial charge in [0, 0.05) is 39.6 Å². The molecule has 8 heteroatoms. The first-order valence-electron chi connectivity index (χ1n) is 10.3. The van der Waals surface area contributed by atoms with Crippen molar-refractivity contribution in [3.05, 3.63) is 42.1 Å². The van der Waals surface area contributed by atoms with Crippen molar-refractivity contribution >= 4 is 32.3 Å². The lowest BCUT2D eigenvalue weighted by Crippen LogP contribution is -2.40. The van der Waals surface area contributed by atoms with Crippen LogP contribution in [0.1, 0.15) is 39.3 Å². The molecular formula is C22H29N3O3S2. The predicted molar refractivity (Wildman–Crippen MR) is 122 cm³/mol. The Labute approximate surface area is 182 Å². The highest BCUT2D eigenvalue weighted by atomic mass is 32.2. The molecule has 1 aliphatic heterocycles. The molecule has 1 aliphatic rings. The van der Waals surface area contributed by atoms with E-state index in [1.165, 1.54) is 11.3 Å². The van der Waals surface area contributed by atoms with Crippen LogP contribution in [0.3, 0.4) is 0 Å². The van der Waals surface area contributed by atoms with Gasteiger partial charge < -0.3 is 10.1 Å². The summed E-state index contributed by atoms with van der Waals surface area (Å²) in [6, 6.07) is 12.1. The van der Waals surface area contributed by atoms with Crippen molar-refractivity contribution in [1.29, 1.82) is 0 Å². The molecule has 0 amide bonds. The molecule has 1 fully saturated rings. The van der Waals surface area contributed by atoms with Gasteiger partial charge in [0.05, 0.1) is 6.61 Å². The van der Waals surface area contributed by atoms with Gasteiger partial charge in [-0.25, -0.2) is 13.1 Å². The van der Waals surface area contributed by atoms with E-state index in [2.05, 4.69) is 26.7 Å². The van der Waals surface area contributed by atoms with Gasteiger partial charge in [-0.3, -0.25) is 4.90 Å². The Balaban J connectivity index is 1.56. The van der Waals surface area contributed by atoms with E-state index in [4.69, 9.17) is 0 Å². The van der Waals surface area contributed by atoms with E-state index >= 15 is 0 Å². The van der Waals surface area contributed by atoms with Crippen LogP contribution in [0.2, 0.25) is 0 Å². The van der Waals surface area contributed by atoms with Gasteiger partial charge in [0.2, 0.25) is 0 Å². The molecule has 0 saturated carbocycles. The average Bonchev–Trinajstić information content (AvgIpc) is 3.38. The van der Waals surface area contributed by atoms with Crippen LogP contribution >= 0.6 is 11.3 Å². The monoisotopic (exact) mass is 447 g/mol. The number of fused-ring (bicyclic) bond motifs is 1. The number of benzene rings is 1. The van der Waals surface area contributed by atoms with Crippen molar-refractivity contribution in [2.75, 3.05) is 13.2 Å². The number of nitrogens with zero attached hydrogens (tertiary/aromatic N) is 1. The highest BCUT2D eigenvalue weighted by Gasteiger charge is 2.25. The predicted octanol–water partition coefficient (Wildman–Crippen LogP) is 3.93. The minimum Gasteiger partial charge on any atom is -0.395 e. The molecule has 1 saturated heterocycles. The molecule has 0 radical (unpaired) electrons. The van der Waals surface area contributed by atoms with E-state index in [1.807, 2.05) is 39.0 Å². The Morgan fingerprint density at radius 2 is 2.03 bits per heavy atom. The third-order valence-electron chi connectivity index (χ3n) is 5.33. The van der Waals surface area contributed by atoms with Crippen LogP contribution < -0.4 is 4.72 Å². The number of hydrogen-bond acceptors (Lipinski definition) is 5. The minimum atomic E-state index is -3.53. The van der Waals surface area contributed by atoms with Crippen molar-refractivity contribution in [3.8, 4) is 10.4 Å². The number of nitrogens with one attached hydrogen (secondary N) is 2. The van der Waals surface area contributed by atoms with Crippen LogP contribution in [-0.2, 0) is 16.6 Å². The van der Waals surface area contributed by atoms with E-state index in [9.17, 15) is 13.5 Å². The lowest BCUT2D eigenvalue weighted by Gasteiger charge is -2.21. The molecule has 0 bridgehead atoms. The molecular weight excluding hydrogens is 418 g/mol. The standard InChI is InChI=1S/C22H29N3O3S2/c1-22(2,3)24-30(27,28)21-9-8-20(29-21)15-6-7-19-16(11-15)12-17(23-19)13-25-10-4-5-18(25)14-26/h6-9,11-12,18,23-24,26H,4-5,10,13-14H2,1-3H3/t18-/m1/s1. The zero-order valence-corrected chi connectivity index (χ0v) is 19.2. The quantitative estimate of drug-likeness (QED) is 0.534. The van der Waals surface area contributed by atoms with E-state index < -0.39 is 15.6 Å². The SMILES string of the molecule is CC(C)(C)NS(=O)(=O)c1ccc(-c2ccc3[nH]c(CN4CCC[C@@H]4CO)cc3c2)s1. The Hall–Kier alpha value is -1.71. The maximum absolute atomic E-state index is 12.6. The van der Waals surface area contributed by atoms with Gasteiger partial charge in [-0.1, -0.05) is 6.07 Å². The number of hydrogen-bond donors (Lipinski definition) is 3. The molecule has 162 valence electrons. The zero-order chi connectivity index (χ0) is 21.5. The fourth-order valence-corrected chi connectivity index (χ4v) is 6.75. The Morgan fingerprint density at radius 1 is 1.23 bits per heavy atom. The summed E-state index contributed by atoms with van der Waals surface area (Å²) in [5, 5.41) is 10.6. The van der Waals surface area contributed by atoms with Gasteiger partial charge >= 0.3 is 0 Å². The second-order valence-electron chi connectivity index (χ2n) is 9.02. The molecule has 0 spiro atoms. The maximum Gasteiger partial charge on any atom is 0.250 e. The summed E-state index contributed by atoms with van der Waals surface area (Å²) < 4.78 is 28.2. The van der Waals surface area contributed by atoms with Gasteiger partial charge in [0.1, 0.15) is 4.21 Å². The van der Waals surface area contributed by atoms with Crippen molar-refractivity contribution in [2.45, 2.75) is 55.9 Å². The first kappa shape index (κ1) is 21.5. The van der Waals surface area contributed by atoms with Crippen molar-refractivity contribution in [3.63, 3.8) is 0 Å². The zero-order valence-electron chi connectivity index (χ0n) is 17.6. The molecule has 3 heterocycles. The lowest BCUT2D eigenvalue weighted by molar-refractivity contribution is 0.152. The molecule has 2 aromatic heterocycles. The molecule has 1 aromatic carbocycles. The molecule has 6 nitrogen and oxygen atoms in total. The first-order valence-corrected chi connectivity index (χ1v) is 12.6. The topological polar surface area (TPSA) is 85.4 Å². The molecule has 0 aliphatic carbocycles.